The minimum absolute atomic E-state index is 0.824. The Kier molecular flexibility index (Phi) is 3.60. The third kappa shape index (κ3) is 3.82. The zero-order valence-electron chi connectivity index (χ0n) is 7.01. The topological polar surface area (TPSA) is 58.9 Å². The fourth-order valence-corrected chi connectivity index (χ4v) is 0.986. The highest BCUT2D eigenvalue weighted by atomic mass is 32.2. The van der Waals surface area contributed by atoms with Crippen LogP contribution in [0.2, 0.25) is 0 Å². The third-order valence-electron chi connectivity index (χ3n) is 1.35. The van der Waals surface area contributed by atoms with E-state index in [1.165, 1.54) is 6.21 Å². The Morgan fingerprint density at radius 3 is 3.00 bits per heavy atom. The van der Waals surface area contributed by atoms with E-state index >= 15 is 0 Å². The molecule has 0 aliphatic carbocycles. The maximum atomic E-state index is 10.0. The molecule has 0 aliphatic heterocycles. The summed E-state index contributed by atoms with van der Waals surface area (Å²) in [6.07, 6.45) is 1.38. The van der Waals surface area contributed by atoms with E-state index in [4.69, 9.17) is 4.55 Å². The molecule has 5 heteroatoms. The summed E-state index contributed by atoms with van der Waals surface area (Å²) >= 11 is -2.34. The molecule has 0 fully saturated rings. The van der Waals surface area contributed by atoms with Gasteiger partial charge in [-0.05, 0) is 12.5 Å². The predicted molar refractivity (Wildman–Crippen MR) is 50.6 cm³/mol. The van der Waals surface area contributed by atoms with Crippen molar-refractivity contribution in [1.82, 2.24) is 0 Å². The van der Waals surface area contributed by atoms with E-state index in [0.29, 0.717) is 0 Å². The first-order chi connectivity index (χ1) is 6.18. The van der Waals surface area contributed by atoms with Gasteiger partial charge in [0, 0.05) is 0 Å². The summed E-state index contributed by atoms with van der Waals surface area (Å²) in [6, 6.07) is 7.52. The Balaban J connectivity index is 2.63. The highest BCUT2D eigenvalue weighted by molar-refractivity contribution is 7.74. The molecule has 0 aliphatic rings. The van der Waals surface area contributed by atoms with Crippen LogP contribution in [0, 0.1) is 6.92 Å². The maximum Gasteiger partial charge on any atom is 0.378 e. The molecule has 0 saturated heterocycles. The van der Waals surface area contributed by atoms with Crippen molar-refractivity contribution < 1.29 is 13.0 Å². The molecular formula is C8H9NO3S. The molecule has 0 spiro atoms. The molecule has 1 N–H and O–H groups in total. The van der Waals surface area contributed by atoms with Gasteiger partial charge in [-0.3, -0.25) is 8.84 Å². The van der Waals surface area contributed by atoms with Crippen molar-refractivity contribution in [3.8, 4) is 0 Å². The molecule has 0 bridgehead atoms. The van der Waals surface area contributed by atoms with Crippen LogP contribution in [-0.4, -0.2) is 15.0 Å². The Bertz CT molecular complexity index is 338. The Hall–Kier alpha value is -1.20. The third-order valence-corrected chi connectivity index (χ3v) is 1.56. The second-order valence-corrected chi connectivity index (χ2v) is 3.02. The number of aryl methyl sites for hydroxylation is 1. The molecule has 4 nitrogen and oxygen atoms in total. The van der Waals surface area contributed by atoms with Crippen LogP contribution in [0.15, 0.2) is 29.4 Å². The lowest BCUT2D eigenvalue weighted by atomic mass is 10.2. The first kappa shape index (κ1) is 9.88. The molecule has 0 radical (unpaired) electrons. The minimum Gasteiger partial charge on any atom is -0.273 e. The lowest BCUT2D eigenvalue weighted by molar-refractivity contribution is 0.327. The van der Waals surface area contributed by atoms with E-state index in [0.717, 1.165) is 11.1 Å². The molecule has 1 atom stereocenters. The fourth-order valence-electron chi connectivity index (χ4n) is 0.870. The van der Waals surface area contributed by atoms with Gasteiger partial charge in [-0.15, -0.1) is 0 Å². The van der Waals surface area contributed by atoms with Gasteiger partial charge in [0.2, 0.25) is 0 Å². The SMILES string of the molecule is Cc1cccc(C=NOS(=O)O)c1. The van der Waals surface area contributed by atoms with E-state index in [9.17, 15) is 4.21 Å². The Morgan fingerprint density at radius 2 is 2.38 bits per heavy atom. The predicted octanol–water partition coefficient (Wildman–Crippen LogP) is 1.48. The van der Waals surface area contributed by atoms with E-state index in [1.807, 2.05) is 31.2 Å². The zero-order chi connectivity index (χ0) is 9.68. The standard InChI is InChI=1S/C8H9NO3S/c1-7-3-2-4-8(5-7)6-9-12-13(10)11/h2-6H,1H3,(H,10,11). The molecule has 1 rings (SSSR count). The van der Waals surface area contributed by atoms with Crippen LogP contribution in [-0.2, 0) is 15.6 Å². The quantitative estimate of drug-likeness (QED) is 0.455. The van der Waals surface area contributed by atoms with Gasteiger partial charge in [0.15, 0.2) is 0 Å². The minimum atomic E-state index is -2.34. The van der Waals surface area contributed by atoms with Crippen molar-refractivity contribution >= 4 is 17.6 Å². The van der Waals surface area contributed by atoms with Crippen LogP contribution in [0.25, 0.3) is 0 Å². The van der Waals surface area contributed by atoms with Gasteiger partial charge < -0.3 is 0 Å². The van der Waals surface area contributed by atoms with Gasteiger partial charge in [0.05, 0.1) is 6.21 Å². The average molecular weight is 199 g/mol. The Morgan fingerprint density at radius 1 is 1.62 bits per heavy atom. The highest BCUT2D eigenvalue weighted by Gasteiger charge is 1.90. The van der Waals surface area contributed by atoms with Crippen LogP contribution in [0.5, 0.6) is 0 Å². The van der Waals surface area contributed by atoms with Gasteiger partial charge in [0.25, 0.3) is 0 Å². The van der Waals surface area contributed by atoms with Gasteiger partial charge in [-0.25, -0.2) is 0 Å². The van der Waals surface area contributed by atoms with Gasteiger partial charge in [0.1, 0.15) is 0 Å². The van der Waals surface area contributed by atoms with Crippen molar-refractivity contribution in [2.24, 2.45) is 5.16 Å². The summed E-state index contributed by atoms with van der Waals surface area (Å²) in [5.74, 6) is 0. The highest BCUT2D eigenvalue weighted by Crippen LogP contribution is 2.00. The number of hydrogen-bond donors (Lipinski definition) is 1. The lowest BCUT2D eigenvalue weighted by Crippen LogP contribution is -1.88. The van der Waals surface area contributed by atoms with Crippen molar-refractivity contribution in [2.45, 2.75) is 6.92 Å². The normalized spacial score (nSPS) is 13.1. The van der Waals surface area contributed by atoms with E-state index in [-0.39, 0.29) is 0 Å². The molecule has 0 amide bonds. The smallest absolute Gasteiger partial charge is 0.273 e. The van der Waals surface area contributed by atoms with Crippen LogP contribution in [0.4, 0.5) is 0 Å². The lowest BCUT2D eigenvalue weighted by Gasteiger charge is -1.93. The van der Waals surface area contributed by atoms with Gasteiger partial charge in [-0.2, -0.15) is 4.21 Å². The largest absolute Gasteiger partial charge is 0.378 e. The number of oxime groups is 1. The van der Waals surface area contributed by atoms with Gasteiger partial charge in [-0.1, -0.05) is 35.0 Å². The summed E-state index contributed by atoms with van der Waals surface area (Å²) < 4.78 is 22.3. The first-order valence-corrected chi connectivity index (χ1v) is 4.60. The molecule has 0 aromatic heterocycles. The van der Waals surface area contributed by atoms with Crippen LogP contribution in [0.3, 0.4) is 0 Å². The summed E-state index contributed by atoms with van der Waals surface area (Å²) in [6.45, 7) is 1.95. The zero-order valence-corrected chi connectivity index (χ0v) is 7.82. The van der Waals surface area contributed by atoms with Crippen LogP contribution < -0.4 is 0 Å². The van der Waals surface area contributed by atoms with Gasteiger partial charge >= 0.3 is 11.4 Å². The van der Waals surface area contributed by atoms with Crippen molar-refractivity contribution in [3.63, 3.8) is 0 Å². The number of rotatable bonds is 3. The molecule has 0 heterocycles. The summed E-state index contributed by atoms with van der Waals surface area (Å²) in [7, 11) is 0. The van der Waals surface area contributed by atoms with Crippen molar-refractivity contribution in [3.05, 3.63) is 35.4 Å². The summed E-state index contributed by atoms with van der Waals surface area (Å²) in [5, 5.41) is 3.31. The molecule has 0 saturated carbocycles. The summed E-state index contributed by atoms with van der Waals surface area (Å²) in [4.78, 5) is 0. The molecule has 13 heavy (non-hydrogen) atoms. The van der Waals surface area contributed by atoms with E-state index in [1.54, 1.807) is 0 Å². The van der Waals surface area contributed by atoms with Crippen LogP contribution >= 0.6 is 0 Å². The molecular weight excluding hydrogens is 190 g/mol. The maximum absolute atomic E-state index is 10.0. The Labute approximate surface area is 78.7 Å². The second kappa shape index (κ2) is 4.74. The average Bonchev–Trinajstić information content (AvgIpc) is 2.03. The number of hydrogen-bond acceptors (Lipinski definition) is 3. The first-order valence-electron chi connectivity index (χ1n) is 3.57. The van der Waals surface area contributed by atoms with Crippen LogP contribution in [0.1, 0.15) is 11.1 Å². The second-order valence-electron chi connectivity index (χ2n) is 2.44. The molecule has 1 unspecified atom stereocenters. The monoisotopic (exact) mass is 199 g/mol. The fraction of sp³-hybridized carbons (Fsp3) is 0.125. The number of nitrogens with zero attached hydrogens (tertiary/aromatic N) is 1. The van der Waals surface area contributed by atoms with E-state index < -0.39 is 11.4 Å². The number of benzene rings is 1. The molecule has 1 aromatic rings. The van der Waals surface area contributed by atoms with E-state index in [2.05, 4.69) is 9.44 Å². The summed E-state index contributed by atoms with van der Waals surface area (Å²) in [5.41, 5.74) is 1.92. The van der Waals surface area contributed by atoms with Crippen molar-refractivity contribution in [1.29, 1.82) is 0 Å². The molecule has 1 aromatic carbocycles. The van der Waals surface area contributed by atoms with Crippen molar-refractivity contribution in [2.75, 3.05) is 0 Å². The molecule has 70 valence electrons.